The zero-order valence-corrected chi connectivity index (χ0v) is 13.8. The molecule has 0 spiro atoms. The average Bonchev–Trinajstić information content (AvgIpc) is 3.16. The molecule has 1 unspecified atom stereocenters. The molecule has 0 aromatic heterocycles. The van der Waals surface area contributed by atoms with Crippen LogP contribution in [0.25, 0.3) is 0 Å². The Hall–Kier alpha value is -0.120. The number of rotatable bonds is 10. The Bertz CT molecular complexity index is 270. The highest BCUT2D eigenvalue weighted by atomic mass is 16.5. The molecule has 2 aliphatic rings. The Morgan fingerprint density at radius 1 is 1.35 bits per heavy atom. The molecule has 118 valence electrons. The lowest BCUT2D eigenvalue weighted by molar-refractivity contribution is 0.103. The van der Waals surface area contributed by atoms with Crippen molar-refractivity contribution in [3.63, 3.8) is 0 Å². The molecule has 3 nitrogen and oxygen atoms in total. The lowest BCUT2D eigenvalue weighted by Crippen LogP contribution is -2.46. The highest BCUT2D eigenvalue weighted by Crippen LogP contribution is 2.34. The van der Waals surface area contributed by atoms with Gasteiger partial charge in [0.2, 0.25) is 0 Å². The Labute approximate surface area is 125 Å². The first-order valence-corrected chi connectivity index (χ1v) is 8.68. The van der Waals surface area contributed by atoms with Crippen molar-refractivity contribution in [3.05, 3.63) is 0 Å². The molecule has 0 bridgehead atoms. The fourth-order valence-electron chi connectivity index (χ4n) is 3.22. The fourth-order valence-corrected chi connectivity index (χ4v) is 3.22. The van der Waals surface area contributed by atoms with Gasteiger partial charge < -0.3 is 10.1 Å². The van der Waals surface area contributed by atoms with Gasteiger partial charge in [-0.2, -0.15) is 0 Å². The van der Waals surface area contributed by atoms with Crippen molar-refractivity contribution in [1.82, 2.24) is 10.2 Å². The standard InChI is InChI=1S/C17H34N2O/c1-4-5-9-19(16-6-7-16)13-17(8-10-20-14-17)12-18-11-15(2)3/h15-16,18H,4-14H2,1-3H3. The second kappa shape index (κ2) is 7.77. The SMILES string of the molecule is CCCCN(CC1(CNCC(C)C)CCOC1)C1CC1. The highest BCUT2D eigenvalue weighted by molar-refractivity contribution is 4.93. The Kier molecular flexibility index (Phi) is 6.31. The Morgan fingerprint density at radius 2 is 2.15 bits per heavy atom. The molecule has 2 fully saturated rings. The normalized spacial score (nSPS) is 26.9. The van der Waals surface area contributed by atoms with Crippen LogP contribution >= 0.6 is 0 Å². The minimum Gasteiger partial charge on any atom is -0.381 e. The summed E-state index contributed by atoms with van der Waals surface area (Å²) in [5.41, 5.74) is 0.366. The maximum Gasteiger partial charge on any atom is 0.0547 e. The van der Waals surface area contributed by atoms with E-state index >= 15 is 0 Å². The summed E-state index contributed by atoms with van der Waals surface area (Å²) in [6, 6.07) is 0.879. The molecular weight excluding hydrogens is 248 g/mol. The van der Waals surface area contributed by atoms with Crippen LogP contribution in [0.5, 0.6) is 0 Å². The van der Waals surface area contributed by atoms with Crippen LogP contribution in [0.2, 0.25) is 0 Å². The summed E-state index contributed by atoms with van der Waals surface area (Å²) < 4.78 is 5.76. The molecule has 0 amide bonds. The molecule has 1 atom stereocenters. The first-order chi connectivity index (χ1) is 9.65. The zero-order valence-electron chi connectivity index (χ0n) is 13.8. The van der Waals surface area contributed by atoms with E-state index < -0.39 is 0 Å². The van der Waals surface area contributed by atoms with Gasteiger partial charge in [0, 0.05) is 31.2 Å². The maximum absolute atomic E-state index is 5.76. The molecule has 1 heterocycles. The van der Waals surface area contributed by atoms with Crippen molar-refractivity contribution in [3.8, 4) is 0 Å². The summed E-state index contributed by atoms with van der Waals surface area (Å²) in [7, 11) is 0. The predicted octanol–water partition coefficient (Wildman–Crippen LogP) is 2.90. The van der Waals surface area contributed by atoms with E-state index in [-0.39, 0.29) is 0 Å². The molecule has 1 saturated heterocycles. The zero-order chi connectivity index (χ0) is 14.4. The third-order valence-corrected chi connectivity index (χ3v) is 4.64. The largest absolute Gasteiger partial charge is 0.381 e. The van der Waals surface area contributed by atoms with Gasteiger partial charge in [0.15, 0.2) is 0 Å². The Morgan fingerprint density at radius 3 is 2.70 bits per heavy atom. The lowest BCUT2D eigenvalue weighted by Gasteiger charge is -2.35. The van der Waals surface area contributed by atoms with Gasteiger partial charge in [-0.3, -0.25) is 4.90 Å². The molecule has 0 radical (unpaired) electrons. The number of nitrogens with one attached hydrogen (secondary N) is 1. The van der Waals surface area contributed by atoms with Gasteiger partial charge >= 0.3 is 0 Å². The molecule has 3 heteroatoms. The number of hydrogen-bond acceptors (Lipinski definition) is 3. The number of nitrogens with zero attached hydrogens (tertiary/aromatic N) is 1. The maximum atomic E-state index is 5.76. The summed E-state index contributed by atoms with van der Waals surface area (Å²) in [6.45, 7) is 13.5. The summed E-state index contributed by atoms with van der Waals surface area (Å²) in [5.74, 6) is 0.731. The van der Waals surface area contributed by atoms with Gasteiger partial charge in [-0.15, -0.1) is 0 Å². The quantitative estimate of drug-likeness (QED) is 0.667. The van der Waals surface area contributed by atoms with Crippen molar-refractivity contribution < 1.29 is 4.74 Å². The van der Waals surface area contributed by atoms with Crippen molar-refractivity contribution in [2.45, 2.75) is 58.9 Å². The van der Waals surface area contributed by atoms with E-state index in [1.807, 2.05) is 0 Å². The lowest BCUT2D eigenvalue weighted by atomic mass is 9.86. The topological polar surface area (TPSA) is 24.5 Å². The molecule has 2 rings (SSSR count). The summed E-state index contributed by atoms with van der Waals surface area (Å²) >= 11 is 0. The van der Waals surface area contributed by atoms with Gasteiger partial charge in [0.1, 0.15) is 0 Å². The molecule has 1 aliphatic carbocycles. The van der Waals surface area contributed by atoms with Crippen LogP contribution in [0.4, 0.5) is 0 Å². The van der Waals surface area contributed by atoms with Gasteiger partial charge in [0.05, 0.1) is 6.61 Å². The van der Waals surface area contributed by atoms with E-state index in [1.165, 1.54) is 45.2 Å². The van der Waals surface area contributed by atoms with E-state index in [9.17, 15) is 0 Å². The smallest absolute Gasteiger partial charge is 0.0547 e. The first kappa shape index (κ1) is 16.3. The monoisotopic (exact) mass is 282 g/mol. The van der Waals surface area contributed by atoms with E-state index in [0.29, 0.717) is 5.41 Å². The second-order valence-corrected chi connectivity index (χ2v) is 7.38. The number of hydrogen-bond donors (Lipinski definition) is 1. The molecule has 20 heavy (non-hydrogen) atoms. The molecule has 1 saturated carbocycles. The summed E-state index contributed by atoms with van der Waals surface area (Å²) in [5, 5.41) is 3.68. The van der Waals surface area contributed by atoms with Crippen molar-refractivity contribution >= 4 is 0 Å². The van der Waals surface area contributed by atoms with Gasteiger partial charge in [-0.25, -0.2) is 0 Å². The average molecular weight is 282 g/mol. The van der Waals surface area contributed by atoms with Crippen LogP contribution < -0.4 is 5.32 Å². The first-order valence-electron chi connectivity index (χ1n) is 8.68. The third kappa shape index (κ3) is 5.01. The van der Waals surface area contributed by atoms with Crippen molar-refractivity contribution in [2.75, 3.05) is 39.4 Å². The van der Waals surface area contributed by atoms with Crippen LogP contribution in [-0.4, -0.2) is 50.3 Å². The molecule has 0 aromatic rings. The van der Waals surface area contributed by atoms with Gasteiger partial charge in [-0.1, -0.05) is 27.2 Å². The van der Waals surface area contributed by atoms with Crippen LogP contribution in [0.1, 0.15) is 52.9 Å². The van der Waals surface area contributed by atoms with E-state index in [4.69, 9.17) is 4.74 Å². The van der Waals surface area contributed by atoms with E-state index in [2.05, 4.69) is 31.0 Å². The molecule has 1 aliphatic heterocycles. The molecular formula is C17H34N2O. The van der Waals surface area contributed by atoms with E-state index in [0.717, 1.165) is 38.3 Å². The molecule has 1 N–H and O–H groups in total. The fraction of sp³-hybridized carbons (Fsp3) is 1.00. The Balaban J connectivity index is 1.85. The van der Waals surface area contributed by atoms with Crippen LogP contribution in [0.15, 0.2) is 0 Å². The molecule has 0 aromatic carbocycles. The summed E-state index contributed by atoms with van der Waals surface area (Å²) in [6.07, 6.45) is 6.71. The second-order valence-electron chi connectivity index (χ2n) is 7.38. The highest BCUT2D eigenvalue weighted by Gasteiger charge is 2.39. The predicted molar refractivity (Wildman–Crippen MR) is 85.1 cm³/mol. The van der Waals surface area contributed by atoms with Crippen molar-refractivity contribution in [2.24, 2.45) is 11.3 Å². The van der Waals surface area contributed by atoms with Gasteiger partial charge in [0.25, 0.3) is 0 Å². The van der Waals surface area contributed by atoms with Crippen LogP contribution in [0, 0.1) is 11.3 Å². The third-order valence-electron chi connectivity index (χ3n) is 4.64. The van der Waals surface area contributed by atoms with E-state index in [1.54, 1.807) is 0 Å². The number of ether oxygens (including phenoxy) is 1. The van der Waals surface area contributed by atoms with Gasteiger partial charge in [-0.05, 0) is 44.7 Å². The number of unbranched alkanes of at least 4 members (excludes halogenated alkanes) is 1. The van der Waals surface area contributed by atoms with Crippen molar-refractivity contribution in [1.29, 1.82) is 0 Å². The summed E-state index contributed by atoms with van der Waals surface area (Å²) in [4.78, 5) is 2.76. The van der Waals surface area contributed by atoms with Crippen LogP contribution in [0.3, 0.4) is 0 Å². The minimum absolute atomic E-state index is 0.366. The minimum atomic E-state index is 0.366. The van der Waals surface area contributed by atoms with Crippen LogP contribution in [-0.2, 0) is 4.74 Å².